The van der Waals surface area contributed by atoms with Crippen LogP contribution in [0.2, 0.25) is 0 Å². The van der Waals surface area contributed by atoms with Crippen molar-refractivity contribution in [1.29, 1.82) is 0 Å². The maximum atomic E-state index is 7.51. The first kappa shape index (κ1) is 52.0. The Morgan fingerprint density at radius 1 is 0.288 bits per heavy atom. The third kappa shape index (κ3) is 15.3. The van der Waals surface area contributed by atoms with Crippen molar-refractivity contribution >= 4 is 0 Å². The molecule has 0 aromatic heterocycles. The van der Waals surface area contributed by atoms with E-state index in [1.165, 1.54) is 0 Å². The lowest BCUT2D eigenvalue weighted by atomic mass is 9.95. The molecule has 11 heteroatoms. The summed E-state index contributed by atoms with van der Waals surface area (Å²) in [5, 5.41) is 0. The zero-order valence-corrected chi connectivity index (χ0v) is 41.3. The summed E-state index contributed by atoms with van der Waals surface area (Å²) in [6.07, 6.45) is -8.10. The van der Waals surface area contributed by atoms with Crippen LogP contribution in [-0.4, -0.2) is 81.7 Å². The maximum Gasteiger partial charge on any atom is 0.187 e. The number of benzene rings is 7. The summed E-state index contributed by atoms with van der Waals surface area (Å²) in [5.74, 6) is 0. The number of rotatable bonds is 26. The molecule has 0 amide bonds. The second-order valence-electron chi connectivity index (χ2n) is 18.2. The average Bonchev–Trinajstić information content (AvgIpc) is 3.45. The van der Waals surface area contributed by atoms with Gasteiger partial charge in [-0.3, -0.25) is 0 Å². The SMILES string of the molecule is CO[C@H]1OC(COCc2ccccc2)[C@@H](O[C@@H]2OC(COCc3ccccc3)[C@@H](OCc3ccccc3)C(OCc3ccccc3)C2OCc2ccccc2)C(OCc2ccccc2)C1OCc1ccccc1. The molecule has 6 unspecified atom stereocenters. The molecule has 0 radical (unpaired) electrons. The van der Waals surface area contributed by atoms with E-state index in [0.717, 1.165) is 38.9 Å². The largest absolute Gasteiger partial charge is 0.374 e. The van der Waals surface area contributed by atoms with Crippen LogP contribution in [0.15, 0.2) is 212 Å². The molecule has 0 aliphatic carbocycles. The van der Waals surface area contributed by atoms with Gasteiger partial charge in [-0.25, -0.2) is 0 Å². The van der Waals surface area contributed by atoms with Crippen LogP contribution in [0.5, 0.6) is 0 Å². The second kappa shape index (κ2) is 28.0. The topological polar surface area (TPSA) is 102 Å². The Morgan fingerprint density at radius 3 is 0.890 bits per heavy atom. The molecule has 380 valence electrons. The summed E-state index contributed by atoms with van der Waals surface area (Å²) < 4.78 is 75.9. The molecule has 2 fully saturated rings. The Bertz CT molecular complexity index is 2560. The lowest BCUT2D eigenvalue weighted by Gasteiger charge is -2.50. The molecule has 0 spiro atoms. The van der Waals surface area contributed by atoms with Crippen molar-refractivity contribution in [2.24, 2.45) is 0 Å². The highest BCUT2D eigenvalue weighted by molar-refractivity contribution is 5.19. The first-order chi connectivity index (χ1) is 36.2. The van der Waals surface area contributed by atoms with Gasteiger partial charge < -0.3 is 52.1 Å². The van der Waals surface area contributed by atoms with Crippen LogP contribution in [0.1, 0.15) is 38.9 Å². The third-order valence-corrected chi connectivity index (χ3v) is 12.9. The highest BCUT2D eigenvalue weighted by Crippen LogP contribution is 2.37. The van der Waals surface area contributed by atoms with Gasteiger partial charge in [-0.05, 0) is 38.9 Å². The number of methoxy groups -OCH3 is 1. The van der Waals surface area contributed by atoms with Crippen LogP contribution in [-0.2, 0) is 98.4 Å². The standard InChI is InChI=1S/C62H66O11/c1-63-61-59(69-42-51-33-19-7-20-34-51)58(68-41-50-31-17-6-18-32-50)56(54(71-61)45-65-38-47-25-11-3-12-26-47)73-62-60(70-43-52-35-21-8-22-36-52)57(67-40-49-29-15-5-16-30-49)55(66-39-48-27-13-4-14-28-48)53(72-62)44-64-37-46-23-9-2-10-24-46/h2-36,53-62H,37-45H2,1H3/t53?,54?,55-,56-,57?,58?,59?,60?,61+,62+/m1/s1. The second-order valence-corrected chi connectivity index (χ2v) is 18.2. The van der Waals surface area contributed by atoms with Gasteiger partial charge in [-0.2, -0.15) is 0 Å². The van der Waals surface area contributed by atoms with Crippen molar-refractivity contribution in [2.45, 2.75) is 108 Å². The third-order valence-electron chi connectivity index (χ3n) is 12.9. The van der Waals surface area contributed by atoms with Crippen LogP contribution in [0.25, 0.3) is 0 Å². The molecule has 0 saturated carbocycles. The number of hydrogen-bond donors (Lipinski definition) is 0. The van der Waals surface area contributed by atoms with Crippen molar-refractivity contribution in [3.8, 4) is 0 Å². The molecule has 2 heterocycles. The quantitative estimate of drug-likeness (QED) is 0.0518. The minimum Gasteiger partial charge on any atom is -0.374 e. The van der Waals surface area contributed by atoms with E-state index < -0.39 is 61.4 Å². The summed E-state index contributed by atoms with van der Waals surface area (Å²) in [7, 11) is 1.61. The minimum atomic E-state index is -1.09. The van der Waals surface area contributed by atoms with Crippen LogP contribution in [0.4, 0.5) is 0 Å². The molecular weight excluding hydrogens is 921 g/mol. The highest BCUT2D eigenvalue weighted by Gasteiger charge is 2.54. The Kier molecular flexibility index (Phi) is 19.9. The molecule has 11 nitrogen and oxygen atoms in total. The van der Waals surface area contributed by atoms with Crippen molar-refractivity contribution in [2.75, 3.05) is 20.3 Å². The monoisotopic (exact) mass is 986 g/mol. The van der Waals surface area contributed by atoms with Gasteiger partial charge in [-0.1, -0.05) is 212 Å². The van der Waals surface area contributed by atoms with Crippen LogP contribution < -0.4 is 0 Å². The number of ether oxygens (including phenoxy) is 11. The zero-order chi connectivity index (χ0) is 49.7. The molecular formula is C62H66O11. The molecule has 2 aliphatic heterocycles. The van der Waals surface area contributed by atoms with Crippen molar-refractivity contribution in [1.82, 2.24) is 0 Å². The molecule has 2 saturated heterocycles. The summed E-state index contributed by atoms with van der Waals surface area (Å²) in [6, 6.07) is 70.4. The average molecular weight is 987 g/mol. The highest BCUT2D eigenvalue weighted by atomic mass is 16.8. The van der Waals surface area contributed by atoms with E-state index in [-0.39, 0.29) is 46.2 Å². The molecule has 2 aliphatic rings. The molecule has 0 bridgehead atoms. The van der Waals surface area contributed by atoms with Crippen molar-refractivity contribution in [3.63, 3.8) is 0 Å². The van der Waals surface area contributed by atoms with Crippen molar-refractivity contribution in [3.05, 3.63) is 251 Å². The predicted octanol–water partition coefficient (Wildman–Crippen LogP) is 10.8. The number of hydrogen-bond acceptors (Lipinski definition) is 11. The Morgan fingerprint density at radius 2 is 0.548 bits per heavy atom. The van der Waals surface area contributed by atoms with Gasteiger partial charge in [0.25, 0.3) is 0 Å². The zero-order valence-electron chi connectivity index (χ0n) is 41.3. The summed E-state index contributed by atoms with van der Waals surface area (Å²) in [5.41, 5.74) is 6.95. The molecule has 0 N–H and O–H groups in total. The molecule has 7 aromatic rings. The maximum absolute atomic E-state index is 7.51. The normalized spacial score (nSPS) is 24.0. The van der Waals surface area contributed by atoms with E-state index in [2.05, 4.69) is 0 Å². The summed E-state index contributed by atoms with van der Waals surface area (Å²) in [6.45, 7) is 2.27. The van der Waals surface area contributed by atoms with Crippen LogP contribution in [0, 0.1) is 0 Å². The van der Waals surface area contributed by atoms with Crippen LogP contribution >= 0.6 is 0 Å². The van der Waals surface area contributed by atoms with E-state index >= 15 is 0 Å². The van der Waals surface area contributed by atoms with Gasteiger partial charge in [0.05, 0.1) is 59.5 Å². The van der Waals surface area contributed by atoms with Crippen LogP contribution in [0.3, 0.4) is 0 Å². The van der Waals surface area contributed by atoms with Gasteiger partial charge in [0.2, 0.25) is 0 Å². The molecule has 10 atom stereocenters. The predicted molar refractivity (Wildman–Crippen MR) is 276 cm³/mol. The Hall–Kier alpha value is -5.90. The Balaban J connectivity index is 1.11. The minimum absolute atomic E-state index is 0.124. The summed E-state index contributed by atoms with van der Waals surface area (Å²) in [4.78, 5) is 0. The van der Waals surface area contributed by atoms with E-state index in [1.54, 1.807) is 7.11 Å². The fourth-order valence-corrected chi connectivity index (χ4v) is 9.14. The Labute approximate surface area is 429 Å². The molecule has 7 aromatic carbocycles. The smallest absolute Gasteiger partial charge is 0.187 e. The first-order valence-electron chi connectivity index (χ1n) is 25.2. The van der Waals surface area contributed by atoms with E-state index in [4.69, 9.17) is 52.1 Å². The lowest BCUT2D eigenvalue weighted by Crippen LogP contribution is -2.66. The van der Waals surface area contributed by atoms with E-state index in [9.17, 15) is 0 Å². The first-order valence-corrected chi connectivity index (χ1v) is 25.2. The van der Waals surface area contributed by atoms with Crippen molar-refractivity contribution < 1.29 is 52.1 Å². The fourth-order valence-electron chi connectivity index (χ4n) is 9.14. The van der Waals surface area contributed by atoms with Gasteiger partial charge in [0.15, 0.2) is 12.6 Å². The summed E-state index contributed by atoms with van der Waals surface area (Å²) >= 11 is 0. The molecule has 73 heavy (non-hydrogen) atoms. The van der Waals surface area contributed by atoms with E-state index in [0.29, 0.717) is 13.2 Å². The lowest BCUT2D eigenvalue weighted by molar-refractivity contribution is -0.376. The van der Waals surface area contributed by atoms with Gasteiger partial charge in [0, 0.05) is 7.11 Å². The van der Waals surface area contributed by atoms with Gasteiger partial charge >= 0.3 is 0 Å². The van der Waals surface area contributed by atoms with Gasteiger partial charge in [0.1, 0.15) is 48.8 Å². The fraction of sp³-hybridized carbons (Fsp3) is 0.323. The molecule has 9 rings (SSSR count). The van der Waals surface area contributed by atoms with Gasteiger partial charge in [-0.15, -0.1) is 0 Å². The van der Waals surface area contributed by atoms with E-state index in [1.807, 2.05) is 212 Å².